The van der Waals surface area contributed by atoms with Crippen LogP contribution in [0.25, 0.3) is 0 Å². The van der Waals surface area contributed by atoms with Gasteiger partial charge in [-0.05, 0) is 0 Å². The molecule has 3 aromatic rings. The maximum absolute atomic E-state index is 2.56. The molecular weight excluding hydrogens is 659 g/mol. The SMILES string of the molecule is CC1=C(C)C(C)[C]([Ti]([c]2cc(C)cc(C)c2)[SiH](c2ccc([Si](C)(C)C)cc2)c2ccc([Si](C)(C)C)cc2)=C1C.Cl.Cl.Cl. The van der Waals surface area contributed by atoms with Crippen LogP contribution in [0.3, 0.4) is 0 Å². The van der Waals surface area contributed by atoms with Crippen molar-refractivity contribution in [2.45, 2.75) is 80.8 Å². The quantitative estimate of drug-likeness (QED) is 0.221. The Kier molecular flexibility index (Phi) is 14.2. The molecular formula is C35H52Cl3Si3Ti. The molecule has 0 nitrogen and oxygen atoms in total. The second-order valence-corrected chi connectivity index (χ2v) is 34.5. The Morgan fingerprint density at radius 3 is 1.26 bits per heavy atom. The molecule has 0 heterocycles. The monoisotopic (exact) mass is 709 g/mol. The van der Waals surface area contributed by atoms with E-state index in [1.165, 1.54) is 11.1 Å². The van der Waals surface area contributed by atoms with Crippen molar-refractivity contribution in [3.05, 3.63) is 98.5 Å². The molecule has 0 saturated heterocycles. The average Bonchev–Trinajstić information content (AvgIpc) is 3.03. The van der Waals surface area contributed by atoms with Gasteiger partial charge in [0.2, 0.25) is 0 Å². The van der Waals surface area contributed by atoms with Crippen LogP contribution in [0.4, 0.5) is 0 Å². The van der Waals surface area contributed by atoms with Gasteiger partial charge in [-0.1, -0.05) is 0 Å². The van der Waals surface area contributed by atoms with E-state index in [9.17, 15) is 0 Å². The fourth-order valence-electron chi connectivity index (χ4n) is 6.28. The summed E-state index contributed by atoms with van der Waals surface area (Å²) in [6.45, 7) is 27.5. The molecule has 0 radical (unpaired) electrons. The van der Waals surface area contributed by atoms with Crippen molar-refractivity contribution in [2.75, 3.05) is 0 Å². The van der Waals surface area contributed by atoms with E-state index in [-0.39, 0.29) is 37.2 Å². The van der Waals surface area contributed by atoms with Gasteiger partial charge in [-0.15, -0.1) is 37.2 Å². The minimum atomic E-state index is -1.98. The summed E-state index contributed by atoms with van der Waals surface area (Å²) in [6, 6.07) is 27.6. The van der Waals surface area contributed by atoms with Crippen LogP contribution in [0.2, 0.25) is 39.3 Å². The van der Waals surface area contributed by atoms with Gasteiger partial charge in [-0.25, -0.2) is 0 Å². The molecule has 0 amide bonds. The predicted molar refractivity (Wildman–Crippen MR) is 203 cm³/mol. The minimum absolute atomic E-state index is 0. The van der Waals surface area contributed by atoms with Crippen molar-refractivity contribution in [3.8, 4) is 0 Å². The van der Waals surface area contributed by atoms with Crippen LogP contribution in [0.5, 0.6) is 0 Å². The van der Waals surface area contributed by atoms with Gasteiger partial charge in [0.05, 0.1) is 0 Å². The van der Waals surface area contributed by atoms with E-state index in [0.717, 1.165) is 0 Å². The number of allylic oxidation sites excluding steroid dienone is 4. The molecule has 0 fully saturated rings. The molecule has 3 aromatic carbocycles. The van der Waals surface area contributed by atoms with E-state index in [1.807, 2.05) is 3.88 Å². The van der Waals surface area contributed by atoms with Crippen molar-refractivity contribution in [2.24, 2.45) is 5.92 Å². The summed E-state index contributed by atoms with van der Waals surface area (Å²) < 4.78 is 3.51. The summed E-state index contributed by atoms with van der Waals surface area (Å²) in [5, 5.41) is 6.42. The van der Waals surface area contributed by atoms with E-state index in [4.69, 9.17) is 0 Å². The van der Waals surface area contributed by atoms with Gasteiger partial charge < -0.3 is 0 Å². The molecule has 1 aliphatic rings. The number of rotatable bonds is 7. The van der Waals surface area contributed by atoms with Crippen molar-refractivity contribution < 1.29 is 17.1 Å². The van der Waals surface area contributed by atoms with Crippen LogP contribution in [-0.4, -0.2) is 22.8 Å². The topological polar surface area (TPSA) is 0 Å². The number of hydrogen-bond acceptors (Lipinski definition) is 0. The van der Waals surface area contributed by atoms with Crippen LogP contribution >= 0.6 is 37.2 Å². The first kappa shape index (κ1) is 39.4. The third-order valence-electron chi connectivity index (χ3n) is 8.97. The molecule has 229 valence electrons. The van der Waals surface area contributed by atoms with Gasteiger partial charge in [0.1, 0.15) is 0 Å². The zero-order valence-corrected chi connectivity index (χ0v) is 34.9. The number of benzene rings is 3. The van der Waals surface area contributed by atoms with Crippen LogP contribution < -0.4 is 24.6 Å². The minimum Gasteiger partial charge on any atom is -0.147 e. The smallest absolute Gasteiger partial charge is 0.147 e. The molecule has 0 aliphatic heterocycles. The molecule has 42 heavy (non-hydrogen) atoms. The molecule has 0 saturated carbocycles. The normalized spacial score (nSPS) is 15.3. The number of aryl methyl sites for hydroxylation is 2. The summed E-state index contributed by atoms with van der Waals surface area (Å²) >= 11 is -1.98. The fourth-order valence-corrected chi connectivity index (χ4v) is 25.7. The summed E-state index contributed by atoms with van der Waals surface area (Å²) in [4.78, 5) is 0. The van der Waals surface area contributed by atoms with Crippen molar-refractivity contribution in [1.29, 1.82) is 0 Å². The maximum Gasteiger partial charge on any atom is -0.147 e. The summed E-state index contributed by atoms with van der Waals surface area (Å²) in [5.74, 6) is 0.554. The third-order valence-corrected chi connectivity index (χ3v) is 27.9. The van der Waals surface area contributed by atoms with E-state index in [2.05, 4.69) is 148 Å². The first-order valence-electron chi connectivity index (χ1n) is 14.6. The van der Waals surface area contributed by atoms with Crippen molar-refractivity contribution in [3.63, 3.8) is 0 Å². The van der Waals surface area contributed by atoms with E-state index in [1.54, 1.807) is 41.3 Å². The Hall–Kier alpha value is -0.625. The molecule has 0 aromatic heterocycles. The zero-order valence-electron chi connectivity index (χ0n) is 27.7. The number of hydrogen-bond donors (Lipinski definition) is 0. The molecule has 4 rings (SSSR count). The van der Waals surface area contributed by atoms with Crippen molar-refractivity contribution >= 4 is 84.6 Å². The van der Waals surface area contributed by atoms with Gasteiger partial charge in [0.25, 0.3) is 0 Å². The van der Waals surface area contributed by atoms with Gasteiger partial charge in [-0.2, -0.15) is 0 Å². The molecule has 1 unspecified atom stereocenters. The zero-order chi connectivity index (χ0) is 28.9. The van der Waals surface area contributed by atoms with E-state index < -0.39 is 39.9 Å². The first-order chi connectivity index (χ1) is 18.1. The summed E-state index contributed by atoms with van der Waals surface area (Å²) in [6.07, 6.45) is 0. The predicted octanol–water partition coefficient (Wildman–Crippen LogP) is 7.70. The van der Waals surface area contributed by atoms with Crippen molar-refractivity contribution in [1.82, 2.24) is 0 Å². The summed E-state index contributed by atoms with van der Waals surface area (Å²) in [7, 11) is -2.71. The maximum atomic E-state index is 2.56. The standard InChI is InChI=1S/C18H27Si3.C9H13.C8H9.3ClH.Ti/c1-20(2,3)17-11-7-15(8-12-17)19-16-9-13-18(14-10-16)21(4,5)6;1-6-5-7(2)9(4)8(6)3;1-7-4-3-5-8(2)6-7;;;;/h7-14,19H,1-6H3;6H,1-4H3;4-6H,1-2H3;3*1H;. The third kappa shape index (κ3) is 8.34. The molecule has 1 aliphatic carbocycles. The Labute approximate surface area is 284 Å². The fraction of sp³-hybridized carbons (Fsp3) is 0.371. The van der Waals surface area contributed by atoms with E-state index >= 15 is 0 Å². The van der Waals surface area contributed by atoms with Gasteiger partial charge in [0.15, 0.2) is 0 Å². The van der Waals surface area contributed by atoms with Crippen LogP contribution in [0, 0.1) is 19.8 Å². The van der Waals surface area contributed by atoms with Gasteiger partial charge in [0, 0.05) is 0 Å². The average molecular weight is 711 g/mol. The molecule has 7 heteroatoms. The molecule has 0 bridgehead atoms. The second kappa shape index (κ2) is 15.1. The Balaban J connectivity index is 0.00000294. The Bertz CT molecular complexity index is 1350. The van der Waals surface area contributed by atoms with Crippen LogP contribution in [0.15, 0.2) is 87.3 Å². The van der Waals surface area contributed by atoms with Gasteiger partial charge >= 0.3 is 250 Å². The molecule has 0 N–H and O–H groups in total. The molecule has 1 atom stereocenters. The molecule has 0 spiro atoms. The Morgan fingerprint density at radius 1 is 0.571 bits per heavy atom. The van der Waals surface area contributed by atoms with E-state index in [0.29, 0.717) is 5.92 Å². The van der Waals surface area contributed by atoms with Crippen LogP contribution in [-0.2, 0) is 17.1 Å². The largest absolute Gasteiger partial charge is 0.147 e. The Morgan fingerprint density at radius 2 is 0.952 bits per heavy atom. The summed E-state index contributed by atoms with van der Waals surface area (Å²) in [5.41, 5.74) is 7.56. The first-order valence-corrected chi connectivity index (χ1v) is 27.6. The van der Waals surface area contributed by atoms with Crippen LogP contribution in [0.1, 0.15) is 38.8 Å². The second-order valence-electron chi connectivity index (χ2n) is 14.0. The van der Waals surface area contributed by atoms with Gasteiger partial charge in [-0.3, -0.25) is 0 Å². The number of halogens is 3.